The van der Waals surface area contributed by atoms with Crippen molar-refractivity contribution in [3.05, 3.63) is 23.8 Å². The molecule has 122 valence electrons. The normalized spacial score (nSPS) is 17.3. The molecule has 7 nitrogen and oxygen atoms in total. The van der Waals surface area contributed by atoms with E-state index >= 15 is 0 Å². The minimum atomic E-state index is -0.148. The van der Waals surface area contributed by atoms with Gasteiger partial charge in [0.1, 0.15) is 5.52 Å². The van der Waals surface area contributed by atoms with Gasteiger partial charge in [-0.1, -0.05) is 0 Å². The van der Waals surface area contributed by atoms with Gasteiger partial charge in [0.05, 0.1) is 0 Å². The highest BCUT2D eigenvalue weighted by Crippen LogP contribution is 2.21. The number of hydrogen-bond donors (Lipinski definition) is 2. The van der Waals surface area contributed by atoms with Crippen LogP contribution in [0.1, 0.15) is 29.6 Å². The Labute approximate surface area is 134 Å². The zero-order valence-corrected chi connectivity index (χ0v) is 13.3. The molecule has 0 bridgehead atoms. The molecule has 0 aliphatic carbocycles. The lowest BCUT2D eigenvalue weighted by Gasteiger charge is -2.10. The molecule has 2 heterocycles. The van der Waals surface area contributed by atoms with Crippen LogP contribution >= 0.6 is 0 Å². The molecule has 0 saturated carbocycles. The van der Waals surface area contributed by atoms with Gasteiger partial charge in [-0.15, -0.1) is 0 Å². The summed E-state index contributed by atoms with van der Waals surface area (Å²) in [6.07, 6.45) is 2.16. The topological polar surface area (TPSA) is 87.5 Å². The van der Waals surface area contributed by atoms with E-state index in [-0.39, 0.29) is 17.9 Å². The number of rotatable bonds is 5. The van der Waals surface area contributed by atoms with Crippen molar-refractivity contribution < 1.29 is 14.0 Å². The SMILES string of the molecule is CN(C)c1nc2cc(C(=O)NCCC3CCC(=O)N3)ccc2o1. The van der Waals surface area contributed by atoms with Crippen LogP contribution in [0.2, 0.25) is 0 Å². The summed E-state index contributed by atoms with van der Waals surface area (Å²) in [6.45, 7) is 0.531. The fourth-order valence-corrected chi connectivity index (χ4v) is 2.60. The molecule has 0 spiro atoms. The third-order valence-electron chi connectivity index (χ3n) is 3.88. The predicted octanol–water partition coefficient (Wildman–Crippen LogP) is 1.29. The summed E-state index contributed by atoms with van der Waals surface area (Å²) < 4.78 is 5.57. The van der Waals surface area contributed by atoms with E-state index < -0.39 is 0 Å². The van der Waals surface area contributed by atoms with E-state index in [1.807, 2.05) is 14.1 Å². The highest BCUT2D eigenvalue weighted by atomic mass is 16.4. The number of oxazole rings is 1. The molecule has 7 heteroatoms. The van der Waals surface area contributed by atoms with Gasteiger partial charge in [-0.25, -0.2) is 0 Å². The Morgan fingerprint density at radius 2 is 2.30 bits per heavy atom. The van der Waals surface area contributed by atoms with E-state index in [0.717, 1.165) is 12.8 Å². The van der Waals surface area contributed by atoms with Gasteiger partial charge in [-0.3, -0.25) is 9.59 Å². The van der Waals surface area contributed by atoms with Crippen LogP contribution in [0.5, 0.6) is 0 Å². The molecule has 1 atom stereocenters. The first kappa shape index (κ1) is 15.3. The first-order valence-electron chi connectivity index (χ1n) is 7.68. The number of hydrogen-bond acceptors (Lipinski definition) is 5. The first-order valence-corrected chi connectivity index (χ1v) is 7.68. The van der Waals surface area contributed by atoms with Crippen LogP contribution in [0.15, 0.2) is 22.6 Å². The van der Waals surface area contributed by atoms with E-state index in [1.165, 1.54) is 0 Å². The molecule has 1 aromatic carbocycles. The molecule has 1 aromatic heterocycles. The molecule has 1 aliphatic rings. The van der Waals surface area contributed by atoms with E-state index in [1.54, 1.807) is 23.1 Å². The number of carbonyl (C=O) groups is 2. The Balaban J connectivity index is 1.60. The second kappa shape index (κ2) is 6.28. The van der Waals surface area contributed by atoms with Gasteiger partial charge >= 0.3 is 0 Å². The number of aromatic nitrogens is 1. The zero-order valence-electron chi connectivity index (χ0n) is 13.3. The summed E-state index contributed by atoms with van der Waals surface area (Å²) in [5, 5.41) is 5.76. The first-order chi connectivity index (χ1) is 11.0. The van der Waals surface area contributed by atoms with Gasteiger partial charge in [0.25, 0.3) is 11.9 Å². The lowest BCUT2D eigenvalue weighted by Crippen LogP contribution is -2.31. The average Bonchev–Trinajstić information content (AvgIpc) is 3.12. The lowest BCUT2D eigenvalue weighted by atomic mass is 10.1. The van der Waals surface area contributed by atoms with E-state index in [2.05, 4.69) is 15.6 Å². The maximum Gasteiger partial charge on any atom is 0.297 e. The van der Waals surface area contributed by atoms with Gasteiger partial charge in [-0.05, 0) is 31.0 Å². The number of anilines is 1. The van der Waals surface area contributed by atoms with E-state index in [4.69, 9.17) is 4.42 Å². The fourth-order valence-electron chi connectivity index (χ4n) is 2.60. The molecule has 3 rings (SSSR count). The summed E-state index contributed by atoms with van der Waals surface area (Å²) in [5.74, 6) is -0.0554. The Bertz CT molecular complexity index is 738. The van der Waals surface area contributed by atoms with Crippen molar-refractivity contribution in [3.8, 4) is 0 Å². The average molecular weight is 316 g/mol. The van der Waals surface area contributed by atoms with Gasteiger partial charge in [0, 0.05) is 38.7 Å². The summed E-state index contributed by atoms with van der Waals surface area (Å²) in [4.78, 5) is 29.4. The van der Waals surface area contributed by atoms with Crippen LogP contribution in [-0.2, 0) is 4.79 Å². The summed E-state index contributed by atoms with van der Waals surface area (Å²) in [5.41, 5.74) is 1.86. The second-order valence-corrected chi connectivity index (χ2v) is 5.92. The molecule has 23 heavy (non-hydrogen) atoms. The third kappa shape index (κ3) is 3.44. The summed E-state index contributed by atoms with van der Waals surface area (Å²) in [6, 6.07) is 5.87. The highest BCUT2D eigenvalue weighted by molar-refractivity contribution is 5.97. The maximum atomic E-state index is 12.2. The van der Waals surface area contributed by atoms with E-state index in [0.29, 0.717) is 35.6 Å². The van der Waals surface area contributed by atoms with Crippen molar-refractivity contribution in [1.82, 2.24) is 15.6 Å². The molecule has 2 N–H and O–H groups in total. The van der Waals surface area contributed by atoms with Crippen LogP contribution in [0.3, 0.4) is 0 Å². The summed E-state index contributed by atoms with van der Waals surface area (Å²) in [7, 11) is 3.69. The predicted molar refractivity (Wildman–Crippen MR) is 86.5 cm³/mol. The van der Waals surface area contributed by atoms with Crippen molar-refractivity contribution in [2.45, 2.75) is 25.3 Å². The summed E-state index contributed by atoms with van der Waals surface area (Å²) >= 11 is 0. The monoisotopic (exact) mass is 316 g/mol. The smallest absolute Gasteiger partial charge is 0.297 e. The Morgan fingerprint density at radius 1 is 1.48 bits per heavy atom. The lowest BCUT2D eigenvalue weighted by molar-refractivity contribution is -0.119. The molecular formula is C16H20N4O3. The number of amides is 2. The van der Waals surface area contributed by atoms with Gasteiger partial charge in [0.2, 0.25) is 5.91 Å². The number of carbonyl (C=O) groups excluding carboxylic acids is 2. The minimum absolute atomic E-state index is 0.0921. The standard InChI is InChI=1S/C16H20N4O3/c1-20(2)16-19-12-9-10(3-5-13(12)23-16)15(22)17-8-7-11-4-6-14(21)18-11/h3,5,9,11H,4,6-8H2,1-2H3,(H,17,22)(H,18,21). The molecule has 2 aromatic rings. The quantitative estimate of drug-likeness (QED) is 0.868. The van der Waals surface area contributed by atoms with Crippen molar-refractivity contribution >= 4 is 28.9 Å². The van der Waals surface area contributed by atoms with Crippen molar-refractivity contribution in [3.63, 3.8) is 0 Å². The van der Waals surface area contributed by atoms with Crippen LogP contribution in [-0.4, -0.2) is 43.5 Å². The zero-order chi connectivity index (χ0) is 16.4. The number of fused-ring (bicyclic) bond motifs is 1. The van der Waals surface area contributed by atoms with Gasteiger partial charge in [0.15, 0.2) is 5.58 Å². The van der Waals surface area contributed by atoms with Crippen molar-refractivity contribution in [1.29, 1.82) is 0 Å². The number of nitrogens with one attached hydrogen (secondary N) is 2. The maximum absolute atomic E-state index is 12.2. The van der Waals surface area contributed by atoms with Crippen LogP contribution < -0.4 is 15.5 Å². The Kier molecular flexibility index (Phi) is 4.18. The van der Waals surface area contributed by atoms with Gasteiger partial charge < -0.3 is 20.0 Å². The van der Waals surface area contributed by atoms with Crippen molar-refractivity contribution in [2.75, 3.05) is 25.5 Å². The number of benzene rings is 1. The van der Waals surface area contributed by atoms with E-state index in [9.17, 15) is 9.59 Å². The van der Waals surface area contributed by atoms with Crippen molar-refractivity contribution in [2.24, 2.45) is 0 Å². The molecule has 1 saturated heterocycles. The Hall–Kier alpha value is -2.57. The number of nitrogens with zero attached hydrogens (tertiary/aromatic N) is 2. The molecular weight excluding hydrogens is 296 g/mol. The highest BCUT2D eigenvalue weighted by Gasteiger charge is 2.20. The Morgan fingerprint density at radius 3 is 3.00 bits per heavy atom. The molecule has 1 unspecified atom stereocenters. The second-order valence-electron chi connectivity index (χ2n) is 5.92. The fraction of sp³-hybridized carbons (Fsp3) is 0.438. The third-order valence-corrected chi connectivity index (χ3v) is 3.88. The van der Waals surface area contributed by atoms with Gasteiger partial charge in [-0.2, -0.15) is 4.98 Å². The van der Waals surface area contributed by atoms with Crippen LogP contribution in [0.4, 0.5) is 6.01 Å². The van der Waals surface area contributed by atoms with Crippen LogP contribution in [0, 0.1) is 0 Å². The molecule has 0 radical (unpaired) electrons. The minimum Gasteiger partial charge on any atom is -0.423 e. The molecule has 1 aliphatic heterocycles. The largest absolute Gasteiger partial charge is 0.423 e. The molecule has 1 fully saturated rings. The van der Waals surface area contributed by atoms with Crippen LogP contribution in [0.25, 0.3) is 11.1 Å². The molecule has 2 amide bonds.